The van der Waals surface area contributed by atoms with Crippen LogP contribution in [0.25, 0.3) is 0 Å². The summed E-state index contributed by atoms with van der Waals surface area (Å²) in [5, 5.41) is 18.1. The Kier molecular flexibility index (Phi) is 1.82. The molecule has 66 valence electrons. The summed E-state index contributed by atoms with van der Waals surface area (Å²) in [6, 6.07) is 9.97. The largest absolute Gasteiger partial charge is 0.392 e. The number of nitrogens with zero attached hydrogens (tertiary/aromatic N) is 1. The highest BCUT2D eigenvalue weighted by Crippen LogP contribution is 2.48. The van der Waals surface area contributed by atoms with Crippen LogP contribution < -0.4 is 0 Å². The van der Waals surface area contributed by atoms with E-state index in [-0.39, 0.29) is 12.0 Å². The van der Waals surface area contributed by atoms with Crippen LogP contribution in [0, 0.1) is 11.3 Å². The van der Waals surface area contributed by atoms with Crippen LogP contribution >= 0.6 is 0 Å². The monoisotopic (exact) mass is 173 g/mol. The second-order valence-electron chi connectivity index (χ2n) is 3.51. The average Bonchev–Trinajstić information content (AvgIpc) is 2.98. The van der Waals surface area contributed by atoms with Crippen LogP contribution in [-0.4, -0.2) is 5.11 Å². The van der Waals surface area contributed by atoms with Gasteiger partial charge in [-0.1, -0.05) is 24.3 Å². The SMILES string of the molecule is N#CC1(c2ccccc2CO)CC1. The standard InChI is InChI=1S/C11H11NO/c12-8-11(5-6-11)10-4-2-1-3-9(10)7-13/h1-4,13H,5-7H2. The van der Waals surface area contributed by atoms with E-state index in [4.69, 9.17) is 10.4 Å². The minimum Gasteiger partial charge on any atom is -0.392 e. The average molecular weight is 173 g/mol. The third kappa shape index (κ3) is 1.22. The summed E-state index contributed by atoms with van der Waals surface area (Å²) in [6.07, 6.45) is 1.86. The van der Waals surface area contributed by atoms with Gasteiger partial charge in [-0.2, -0.15) is 5.26 Å². The van der Waals surface area contributed by atoms with Crippen LogP contribution in [-0.2, 0) is 12.0 Å². The van der Waals surface area contributed by atoms with E-state index in [0.29, 0.717) is 0 Å². The highest BCUT2D eigenvalue weighted by Gasteiger charge is 2.45. The Labute approximate surface area is 77.4 Å². The molecule has 2 rings (SSSR count). The Bertz CT molecular complexity index is 361. The summed E-state index contributed by atoms with van der Waals surface area (Å²) in [5.74, 6) is 0. The number of hydrogen-bond donors (Lipinski definition) is 1. The minimum atomic E-state index is -0.278. The maximum atomic E-state index is 9.10. The number of benzene rings is 1. The van der Waals surface area contributed by atoms with Gasteiger partial charge in [0.2, 0.25) is 0 Å². The molecule has 2 heteroatoms. The number of aliphatic hydroxyl groups is 1. The summed E-state index contributed by atoms with van der Waals surface area (Å²) < 4.78 is 0. The topological polar surface area (TPSA) is 44.0 Å². The Morgan fingerprint density at radius 3 is 2.62 bits per heavy atom. The lowest BCUT2D eigenvalue weighted by atomic mass is 9.93. The van der Waals surface area contributed by atoms with Crippen LogP contribution in [0.4, 0.5) is 0 Å². The number of rotatable bonds is 2. The maximum Gasteiger partial charge on any atom is 0.0827 e. The van der Waals surface area contributed by atoms with Crippen molar-refractivity contribution in [1.82, 2.24) is 0 Å². The summed E-state index contributed by atoms with van der Waals surface area (Å²) in [4.78, 5) is 0. The third-order valence-corrected chi connectivity index (χ3v) is 2.67. The van der Waals surface area contributed by atoms with Gasteiger partial charge in [0.1, 0.15) is 0 Å². The molecule has 2 nitrogen and oxygen atoms in total. The van der Waals surface area contributed by atoms with Crippen molar-refractivity contribution in [2.75, 3.05) is 0 Å². The van der Waals surface area contributed by atoms with Crippen molar-refractivity contribution >= 4 is 0 Å². The lowest BCUT2D eigenvalue weighted by Crippen LogP contribution is -2.06. The van der Waals surface area contributed by atoms with Crippen molar-refractivity contribution in [2.24, 2.45) is 0 Å². The number of nitriles is 1. The van der Waals surface area contributed by atoms with Crippen LogP contribution in [0.1, 0.15) is 24.0 Å². The smallest absolute Gasteiger partial charge is 0.0827 e. The predicted octanol–water partition coefficient (Wildman–Crippen LogP) is 1.73. The lowest BCUT2D eigenvalue weighted by molar-refractivity contribution is 0.280. The molecule has 13 heavy (non-hydrogen) atoms. The number of aliphatic hydroxyl groups excluding tert-OH is 1. The van der Waals surface area contributed by atoms with Crippen molar-refractivity contribution in [3.8, 4) is 6.07 Å². The Morgan fingerprint density at radius 1 is 1.38 bits per heavy atom. The molecule has 1 aliphatic rings. The first kappa shape index (κ1) is 8.28. The molecule has 0 aromatic heterocycles. The van der Waals surface area contributed by atoms with Crippen LogP contribution in [0.2, 0.25) is 0 Å². The molecule has 0 radical (unpaired) electrons. The van der Waals surface area contributed by atoms with Gasteiger partial charge in [-0.05, 0) is 24.0 Å². The van der Waals surface area contributed by atoms with Crippen LogP contribution in [0.3, 0.4) is 0 Å². The predicted molar refractivity (Wildman–Crippen MR) is 48.9 cm³/mol. The molecule has 0 bridgehead atoms. The maximum absolute atomic E-state index is 9.10. The van der Waals surface area contributed by atoms with Crippen molar-refractivity contribution in [1.29, 1.82) is 5.26 Å². The van der Waals surface area contributed by atoms with Gasteiger partial charge < -0.3 is 5.11 Å². The van der Waals surface area contributed by atoms with Crippen molar-refractivity contribution < 1.29 is 5.11 Å². The van der Waals surface area contributed by atoms with Gasteiger partial charge in [0, 0.05) is 0 Å². The zero-order chi connectivity index (χ0) is 9.31. The fourth-order valence-electron chi connectivity index (χ4n) is 1.69. The highest BCUT2D eigenvalue weighted by molar-refractivity contribution is 5.43. The Morgan fingerprint density at radius 2 is 2.08 bits per heavy atom. The molecule has 1 aromatic rings. The third-order valence-electron chi connectivity index (χ3n) is 2.67. The van der Waals surface area contributed by atoms with Crippen LogP contribution in [0.5, 0.6) is 0 Å². The molecule has 0 spiro atoms. The van der Waals surface area contributed by atoms with Gasteiger partial charge in [0.15, 0.2) is 0 Å². The molecule has 0 heterocycles. The minimum absolute atomic E-state index is 0.0274. The molecule has 0 saturated heterocycles. The van der Waals surface area contributed by atoms with Crippen molar-refractivity contribution in [2.45, 2.75) is 24.9 Å². The van der Waals surface area contributed by atoms with E-state index in [1.807, 2.05) is 24.3 Å². The molecule has 1 fully saturated rings. The van der Waals surface area contributed by atoms with E-state index in [1.54, 1.807) is 0 Å². The zero-order valence-corrected chi connectivity index (χ0v) is 7.33. The van der Waals surface area contributed by atoms with E-state index in [9.17, 15) is 0 Å². The van der Waals surface area contributed by atoms with E-state index < -0.39 is 0 Å². The molecular formula is C11H11NO. The van der Waals surface area contributed by atoms with Gasteiger partial charge in [-0.3, -0.25) is 0 Å². The van der Waals surface area contributed by atoms with Crippen molar-refractivity contribution in [3.63, 3.8) is 0 Å². The van der Waals surface area contributed by atoms with E-state index in [2.05, 4.69) is 6.07 Å². The molecular weight excluding hydrogens is 162 g/mol. The fourth-order valence-corrected chi connectivity index (χ4v) is 1.69. The van der Waals surface area contributed by atoms with Gasteiger partial charge in [-0.15, -0.1) is 0 Å². The quantitative estimate of drug-likeness (QED) is 0.740. The molecule has 1 aliphatic carbocycles. The molecule has 0 atom stereocenters. The first-order valence-corrected chi connectivity index (χ1v) is 4.43. The van der Waals surface area contributed by atoms with E-state index in [1.165, 1.54) is 0 Å². The Hall–Kier alpha value is -1.33. The van der Waals surface area contributed by atoms with Gasteiger partial charge in [0.25, 0.3) is 0 Å². The zero-order valence-electron chi connectivity index (χ0n) is 7.33. The molecule has 0 aliphatic heterocycles. The molecule has 0 unspecified atom stereocenters. The lowest BCUT2D eigenvalue weighted by Gasteiger charge is -2.10. The second kappa shape index (κ2) is 2.86. The van der Waals surface area contributed by atoms with Crippen LogP contribution in [0.15, 0.2) is 24.3 Å². The first-order valence-electron chi connectivity index (χ1n) is 4.43. The molecule has 1 saturated carbocycles. The molecule has 1 N–H and O–H groups in total. The van der Waals surface area contributed by atoms with Gasteiger partial charge in [0.05, 0.1) is 18.1 Å². The van der Waals surface area contributed by atoms with E-state index in [0.717, 1.165) is 24.0 Å². The van der Waals surface area contributed by atoms with Gasteiger partial charge >= 0.3 is 0 Å². The first-order chi connectivity index (χ1) is 6.32. The fraction of sp³-hybridized carbons (Fsp3) is 0.364. The van der Waals surface area contributed by atoms with Crippen molar-refractivity contribution in [3.05, 3.63) is 35.4 Å². The molecule has 1 aromatic carbocycles. The normalized spacial score (nSPS) is 17.8. The summed E-state index contributed by atoms with van der Waals surface area (Å²) in [6.45, 7) is 0.0274. The Balaban J connectivity index is 2.46. The molecule has 0 amide bonds. The van der Waals surface area contributed by atoms with Gasteiger partial charge in [-0.25, -0.2) is 0 Å². The number of hydrogen-bond acceptors (Lipinski definition) is 2. The summed E-state index contributed by atoms with van der Waals surface area (Å²) in [5.41, 5.74) is 1.63. The summed E-state index contributed by atoms with van der Waals surface area (Å²) >= 11 is 0. The van der Waals surface area contributed by atoms with E-state index >= 15 is 0 Å². The summed E-state index contributed by atoms with van der Waals surface area (Å²) in [7, 11) is 0. The second-order valence-corrected chi connectivity index (χ2v) is 3.51. The highest BCUT2D eigenvalue weighted by atomic mass is 16.3.